The zero-order chi connectivity index (χ0) is 15.0. The number of hydrogen-bond donors (Lipinski definition) is 1. The SMILES string of the molecule is Cc1cc(C)cc(-c2cn3c(CCC(=O)O)csc3n2)c1. The third-order valence-corrected chi connectivity index (χ3v) is 4.28. The lowest BCUT2D eigenvalue weighted by Crippen LogP contribution is -1.99. The number of carboxylic acid groups (broad SMARTS) is 1. The van der Waals surface area contributed by atoms with Crippen LogP contribution in [-0.2, 0) is 11.2 Å². The van der Waals surface area contributed by atoms with Crippen molar-refractivity contribution in [1.82, 2.24) is 9.38 Å². The van der Waals surface area contributed by atoms with Gasteiger partial charge in [-0.05, 0) is 32.4 Å². The van der Waals surface area contributed by atoms with Crippen LogP contribution in [0.2, 0.25) is 0 Å². The molecule has 0 amide bonds. The maximum Gasteiger partial charge on any atom is 0.303 e. The number of carboxylic acids is 1. The van der Waals surface area contributed by atoms with Gasteiger partial charge >= 0.3 is 5.97 Å². The first-order valence-corrected chi connectivity index (χ1v) is 7.67. The fourth-order valence-corrected chi connectivity index (χ4v) is 3.41. The third-order valence-electron chi connectivity index (χ3n) is 3.40. The molecular weight excluding hydrogens is 284 g/mol. The number of fused-ring (bicyclic) bond motifs is 1. The maximum atomic E-state index is 10.7. The summed E-state index contributed by atoms with van der Waals surface area (Å²) in [6, 6.07) is 6.38. The maximum absolute atomic E-state index is 10.7. The number of hydrogen-bond acceptors (Lipinski definition) is 3. The average molecular weight is 300 g/mol. The monoisotopic (exact) mass is 300 g/mol. The molecule has 0 spiro atoms. The highest BCUT2D eigenvalue weighted by Gasteiger charge is 2.11. The van der Waals surface area contributed by atoms with E-state index in [9.17, 15) is 4.79 Å². The van der Waals surface area contributed by atoms with E-state index < -0.39 is 5.97 Å². The van der Waals surface area contributed by atoms with Gasteiger partial charge in [0.15, 0.2) is 4.96 Å². The van der Waals surface area contributed by atoms with Gasteiger partial charge in [0.1, 0.15) is 0 Å². The van der Waals surface area contributed by atoms with Crippen LogP contribution < -0.4 is 0 Å². The van der Waals surface area contributed by atoms with Crippen molar-refractivity contribution in [2.24, 2.45) is 0 Å². The molecule has 0 aliphatic rings. The van der Waals surface area contributed by atoms with Crippen LogP contribution in [-0.4, -0.2) is 20.5 Å². The van der Waals surface area contributed by atoms with Gasteiger partial charge in [-0.3, -0.25) is 9.20 Å². The Bertz CT molecular complexity index is 797. The summed E-state index contributed by atoms with van der Waals surface area (Å²) in [4.78, 5) is 16.3. The van der Waals surface area contributed by atoms with Crippen LogP contribution in [0.3, 0.4) is 0 Å². The van der Waals surface area contributed by atoms with Gasteiger partial charge in [0, 0.05) is 22.8 Å². The number of thiazole rings is 1. The van der Waals surface area contributed by atoms with Crippen molar-refractivity contribution in [3.05, 3.63) is 46.6 Å². The molecule has 108 valence electrons. The molecule has 3 rings (SSSR count). The molecule has 0 fully saturated rings. The molecule has 5 heteroatoms. The number of benzene rings is 1. The van der Waals surface area contributed by atoms with Gasteiger partial charge < -0.3 is 5.11 Å². The zero-order valence-corrected chi connectivity index (χ0v) is 12.8. The van der Waals surface area contributed by atoms with Crippen LogP contribution in [0.15, 0.2) is 29.8 Å². The van der Waals surface area contributed by atoms with Crippen molar-refractivity contribution in [2.75, 3.05) is 0 Å². The second-order valence-electron chi connectivity index (χ2n) is 5.28. The Morgan fingerprint density at radius 3 is 2.67 bits per heavy atom. The number of rotatable bonds is 4. The van der Waals surface area contributed by atoms with Gasteiger partial charge in [0.25, 0.3) is 0 Å². The van der Waals surface area contributed by atoms with Crippen LogP contribution in [0, 0.1) is 13.8 Å². The molecular formula is C16H16N2O2S. The summed E-state index contributed by atoms with van der Waals surface area (Å²) < 4.78 is 2.00. The second kappa shape index (κ2) is 5.33. The second-order valence-corrected chi connectivity index (χ2v) is 6.11. The van der Waals surface area contributed by atoms with Gasteiger partial charge in [-0.15, -0.1) is 11.3 Å². The Labute approximate surface area is 126 Å². The number of aromatic nitrogens is 2. The summed E-state index contributed by atoms with van der Waals surface area (Å²) >= 11 is 1.55. The number of aryl methyl sites for hydroxylation is 3. The predicted octanol–water partition coefficient (Wildman–Crippen LogP) is 3.70. The molecule has 0 radical (unpaired) electrons. The molecule has 0 aliphatic heterocycles. The van der Waals surface area contributed by atoms with E-state index in [0.717, 1.165) is 21.9 Å². The van der Waals surface area contributed by atoms with Crippen molar-refractivity contribution in [3.8, 4) is 11.3 Å². The summed E-state index contributed by atoms with van der Waals surface area (Å²) in [5, 5.41) is 10.8. The van der Waals surface area contributed by atoms with Gasteiger partial charge in [-0.1, -0.05) is 17.2 Å². The molecule has 0 saturated carbocycles. The Kier molecular flexibility index (Phi) is 3.51. The van der Waals surface area contributed by atoms with Crippen molar-refractivity contribution in [2.45, 2.75) is 26.7 Å². The van der Waals surface area contributed by atoms with E-state index >= 15 is 0 Å². The Morgan fingerprint density at radius 2 is 2.00 bits per heavy atom. The first-order valence-electron chi connectivity index (χ1n) is 6.79. The van der Waals surface area contributed by atoms with Gasteiger partial charge in [-0.2, -0.15) is 0 Å². The first-order chi connectivity index (χ1) is 10.0. The number of nitrogens with zero attached hydrogens (tertiary/aromatic N) is 2. The molecule has 4 nitrogen and oxygen atoms in total. The normalized spacial score (nSPS) is 11.1. The van der Waals surface area contributed by atoms with Crippen molar-refractivity contribution < 1.29 is 9.90 Å². The minimum Gasteiger partial charge on any atom is -0.481 e. The van der Waals surface area contributed by atoms with Crippen molar-refractivity contribution >= 4 is 22.3 Å². The Balaban J connectivity index is 1.99. The number of aliphatic carboxylic acids is 1. The number of imidazole rings is 1. The van der Waals surface area contributed by atoms with E-state index in [1.807, 2.05) is 16.0 Å². The molecule has 0 unspecified atom stereocenters. The third kappa shape index (κ3) is 2.83. The molecule has 2 heterocycles. The summed E-state index contributed by atoms with van der Waals surface area (Å²) in [6.07, 6.45) is 2.66. The van der Waals surface area contributed by atoms with Crippen molar-refractivity contribution in [1.29, 1.82) is 0 Å². The Morgan fingerprint density at radius 1 is 1.29 bits per heavy atom. The number of carbonyl (C=O) groups is 1. The minimum absolute atomic E-state index is 0.142. The molecule has 0 aliphatic carbocycles. The minimum atomic E-state index is -0.774. The van der Waals surface area contributed by atoms with E-state index in [4.69, 9.17) is 5.11 Å². The lowest BCUT2D eigenvalue weighted by Gasteiger charge is -2.01. The average Bonchev–Trinajstić information content (AvgIpc) is 2.95. The van der Waals surface area contributed by atoms with E-state index in [1.165, 1.54) is 11.1 Å². The summed E-state index contributed by atoms with van der Waals surface area (Å²) in [5.74, 6) is -0.774. The van der Waals surface area contributed by atoms with Gasteiger partial charge in [0.05, 0.1) is 12.1 Å². The first kappa shape index (κ1) is 13.8. The Hall–Kier alpha value is -2.14. The van der Waals surface area contributed by atoms with E-state index in [2.05, 4.69) is 37.0 Å². The van der Waals surface area contributed by atoms with Crippen LogP contribution in [0.4, 0.5) is 0 Å². The predicted molar refractivity (Wildman–Crippen MR) is 83.9 cm³/mol. The van der Waals surface area contributed by atoms with Crippen LogP contribution >= 0.6 is 11.3 Å². The molecule has 0 atom stereocenters. The van der Waals surface area contributed by atoms with Gasteiger partial charge in [0.2, 0.25) is 0 Å². The van der Waals surface area contributed by atoms with E-state index in [0.29, 0.717) is 6.42 Å². The summed E-state index contributed by atoms with van der Waals surface area (Å²) in [6.45, 7) is 4.15. The standard InChI is InChI=1S/C16H16N2O2S/c1-10-5-11(2)7-12(6-10)14-8-18-13(3-4-15(19)20)9-21-16(18)17-14/h5-9H,3-4H2,1-2H3,(H,19,20). The zero-order valence-electron chi connectivity index (χ0n) is 12.0. The lowest BCUT2D eigenvalue weighted by atomic mass is 10.1. The topological polar surface area (TPSA) is 54.6 Å². The smallest absolute Gasteiger partial charge is 0.303 e. The molecule has 21 heavy (non-hydrogen) atoms. The molecule has 0 saturated heterocycles. The van der Waals surface area contributed by atoms with Crippen LogP contribution in [0.5, 0.6) is 0 Å². The van der Waals surface area contributed by atoms with Gasteiger partial charge in [-0.25, -0.2) is 4.98 Å². The molecule has 2 aromatic heterocycles. The highest BCUT2D eigenvalue weighted by Crippen LogP contribution is 2.25. The van der Waals surface area contributed by atoms with Crippen molar-refractivity contribution in [3.63, 3.8) is 0 Å². The molecule has 1 aromatic carbocycles. The van der Waals surface area contributed by atoms with Crippen LogP contribution in [0.25, 0.3) is 16.2 Å². The fraction of sp³-hybridized carbons (Fsp3) is 0.250. The summed E-state index contributed by atoms with van der Waals surface area (Å²) in [5.41, 5.74) is 5.47. The van der Waals surface area contributed by atoms with Crippen LogP contribution in [0.1, 0.15) is 23.2 Å². The quantitative estimate of drug-likeness (QED) is 0.799. The molecule has 0 bridgehead atoms. The highest BCUT2D eigenvalue weighted by atomic mass is 32.1. The largest absolute Gasteiger partial charge is 0.481 e. The lowest BCUT2D eigenvalue weighted by molar-refractivity contribution is -0.136. The summed E-state index contributed by atoms with van der Waals surface area (Å²) in [7, 11) is 0. The molecule has 3 aromatic rings. The van der Waals surface area contributed by atoms with E-state index in [-0.39, 0.29) is 6.42 Å². The fourth-order valence-electron chi connectivity index (χ4n) is 2.51. The highest BCUT2D eigenvalue weighted by molar-refractivity contribution is 7.15. The van der Waals surface area contributed by atoms with E-state index in [1.54, 1.807) is 11.3 Å². The molecule has 1 N–H and O–H groups in total.